The van der Waals surface area contributed by atoms with E-state index in [1.807, 2.05) is 4.90 Å². The lowest BCUT2D eigenvalue weighted by atomic mass is 9.89. The molecule has 0 bridgehead atoms. The predicted octanol–water partition coefficient (Wildman–Crippen LogP) is 1.98. The van der Waals surface area contributed by atoms with Gasteiger partial charge in [-0.15, -0.1) is 0 Å². The number of urea groups is 1. The molecule has 1 saturated heterocycles. The Morgan fingerprint density at radius 2 is 1.86 bits per heavy atom. The molecule has 1 N–H and O–H groups in total. The second-order valence-electron chi connectivity index (χ2n) is 4.53. The van der Waals surface area contributed by atoms with Gasteiger partial charge in [-0.1, -0.05) is 19.3 Å². The van der Waals surface area contributed by atoms with Crippen molar-refractivity contribution in [1.82, 2.24) is 10.2 Å². The van der Waals surface area contributed by atoms with Gasteiger partial charge in [-0.3, -0.25) is 0 Å². The van der Waals surface area contributed by atoms with Crippen LogP contribution in [-0.2, 0) is 0 Å². The van der Waals surface area contributed by atoms with Crippen molar-refractivity contribution >= 4 is 6.03 Å². The van der Waals surface area contributed by atoms with E-state index in [-0.39, 0.29) is 6.03 Å². The molecule has 0 aromatic rings. The van der Waals surface area contributed by atoms with E-state index in [0.29, 0.717) is 0 Å². The fourth-order valence-corrected chi connectivity index (χ4v) is 2.25. The number of nitrogens with zero attached hydrogens (tertiary/aromatic N) is 1. The first kappa shape index (κ1) is 9.81. The lowest BCUT2D eigenvalue weighted by Crippen LogP contribution is -2.48. The van der Waals surface area contributed by atoms with E-state index < -0.39 is 0 Å². The summed E-state index contributed by atoms with van der Waals surface area (Å²) in [5.74, 6) is 0.744. The van der Waals surface area contributed by atoms with Crippen molar-refractivity contribution in [1.29, 1.82) is 0 Å². The molecule has 0 unspecified atom stereocenters. The monoisotopic (exact) mass is 196 g/mol. The number of hydrogen-bond donors (Lipinski definition) is 1. The van der Waals surface area contributed by atoms with E-state index in [1.54, 1.807) is 0 Å². The van der Waals surface area contributed by atoms with Gasteiger partial charge in [-0.2, -0.15) is 0 Å². The molecule has 80 valence electrons. The summed E-state index contributed by atoms with van der Waals surface area (Å²) in [5.41, 5.74) is 0. The number of likely N-dealkylation sites (tertiary alicyclic amines) is 1. The largest absolute Gasteiger partial charge is 0.338 e. The lowest BCUT2D eigenvalue weighted by Gasteiger charge is -2.32. The van der Waals surface area contributed by atoms with Gasteiger partial charge >= 0.3 is 6.03 Å². The first-order chi connectivity index (χ1) is 6.86. The van der Waals surface area contributed by atoms with Crippen LogP contribution in [0.3, 0.4) is 0 Å². The van der Waals surface area contributed by atoms with Gasteiger partial charge < -0.3 is 10.2 Å². The summed E-state index contributed by atoms with van der Waals surface area (Å²) in [6, 6.07) is 0.154. The molecule has 3 heteroatoms. The molecule has 0 aromatic carbocycles. The maximum Gasteiger partial charge on any atom is 0.317 e. The zero-order chi connectivity index (χ0) is 9.80. The summed E-state index contributed by atoms with van der Waals surface area (Å²) < 4.78 is 0. The standard InChI is InChI=1S/C11H20N2O/c14-11(13-7-4-8-13)12-9-10-5-2-1-3-6-10/h10H,1-9H2,(H,12,14). The molecule has 2 amide bonds. The van der Waals surface area contributed by atoms with Gasteiger partial charge in [0.1, 0.15) is 0 Å². The Kier molecular flexibility index (Phi) is 3.27. The van der Waals surface area contributed by atoms with Gasteiger partial charge in [0.25, 0.3) is 0 Å². The number of carbonyl (C=O) groups is 1. The van der Waals surface area contributed by atoms with Crippen molar-refractivity contribution in [2.24, 2.45) is 5.92 Å². The van der Waals surface area contributed by atoms with Crippen LogP contribution in [0.4, 0.5) is 4.79 Å². The first-order valence-corrected chi connectivity index (χ1v) is 5.89. The Morgan fingerprint density at radius 1 is 1.14 bits per heavy atom. The molecule has 0 spiro atoms. The molecule has 1 saturated carbocycles. The third-order valence-electron chi connectivity index (χ3n) is 3.41. The van der Waals surface area contributed by atoms with Crippen molar-refractivity contribution in [2.45, 2.75) is 38.5 Å². The molecule has 2 rings (SSSR count). The second kappa shape index (κ2) is 4.67. The van der Waals surface area contributed by atoms with Crippen molar-refractivity contribution in [3.05, 3.63) is 0 Å². The third-order valence-corrected chi connectivity index (χ3v) is 3.41. The van der Waals surface area contributed by atoms with Crippen LogP contribution >= 0.6 is 0 Å². The fourth-order valence-electron chi connectivity index (χ4n) is 2.25. The molecule has 0 atom stereocenters. The van der Waals surface area contributed by atoms with Gasteiger partial charge in [-0.05, 0) is 25.2 Å². The maximum absolute atomic E-state index is 11.5. The smallest absolute Gasteiger partial charge is 0.317 e. The molecule has 0 aromatic heterocycles. The zero-order valence-electron chi connectivity index (χ0n) is 8.80. The number of amides is 2. The minimum Gasteiger partial charge on any atom is -0.338 e. The molecule has 2 aliphatic rings. The SMILES string of the molecule is O=C(NCC1CCCCC1)N1CCC1. The van der Waals surface area contributed by atoms with E-state index in [0.717, 1.165) is 25.6 Å². The highest BCUT2D eigenvalue weighted by molar-refractivity contribution is 5.74. The van der Waals surface area contributed by atoms with E-state index in [9.17, 15) is 4.79 Å². The number of rotatable bonds is 2. The number of nitrogens with one attached hydrogen (secondary N) is 1. The second-order valence-corrected chi connectivity index (χ2v) is 4.53. The summed E-state index contributed by atoms with van der Waals surface area (Å²) in [4.78, 5) is 13.4. The third kappa shape index (κ3) is 2.40. The molecular formula is C11H20N2O. The summed E-state index contributed by atoms with van der Waals surface area (Å²) in [6.45, 7) is 2.81. The van der Waals surface area contributed by atoms with Crippen LogP contribution in [0, 0.1) is 5.92 Å². The van der Waals surface area contributed by atoms with Crippen LogP contribution < -0.4 is 5.32 Å². The molecule has 1 heterocycles. The van der Waals surface area contributed by atoms with Crippen molar-refractivity contribution in [3.63, 3.8) is 0 Å². The molecule has 1 aliphatic carbocycles. The van der Waals surface area contributed by atoms with Crippen LogP contribution in [0.1, 0.15) is 38.5 Å². The average molecular weight is 196 g/mol. The van der Waals surface area contributed by atoms with Crippen molar-refractivity contribution in [3.8, 4) is 0 Å². The molecule has 2 fully saturated rings. The number of carbonyl (C=O) groups excluding carboxylic acids is 1. The quantitative estimate of drug-likeness (QED) is 0.719. The van der Waals surface area contributed by atoms with Crippen LogP contribution in [-0.4, -0.2) is 30.6 Å². The van der Waals surface area contributed by atoms with Crippen molar-refractivity contribution in [2.75, 3.05) is 19.6 Å². The Labute approximate surface area is 85.8 Å². The Balaban J connectivity index is 1.62. The summed E-state index contributed by atoms with van der Waals surface area (Å²) in [5, 5.41) is 3.04. The Hall–Kier alpha value is -0.730. The maximum atomic E-state index is 11.5. The highest BCUT2D eigenvalue weighted by Gasteiger charge is 2.21. The van der Waals surface area contributed by atoms with Gasteiger partial charge in [0.2, 0.25) is 0 Å². The zero-order valence-corrected chi connectivity index (χ0v) is 8.80. The van der Waals surface area contributed by atoms with Crippen molar-refractivity contribution < 1.29 is 4.79 Å². The molecule has 0 radical (unpaired) electrons. The molecule has 3 nitrogen and oxygen atoms in total. The molecule has 1 aliphatic heterocycles. The minimum absolute atomic E-state index is 0.154. The van der Waals surface area contributed by atoms with E-state index in [1.165, 1.54) is 38.5 Å². The van der Waals surface area contributed by atoms with Gasteiger partial charge in [-0.25, -0.2) is 4.79 Å². The lowest BCUT2D eigenvalue weighted by molar-refractivity contribution is 0.164. The predicted molar refractivity (Wildman–Crippen MR) is 56.2 cm³/mol. The summed E-state index contributed by atoms with van der Waals surface area (Å²) in [7, 11) is 0. The van der Waals surface area contributed by atoms with Crippen LogP contribution in [0.5, 0.6) is 0 Å². The minimum atomic E-state index is 0.154. The van der Waals surface area contributed by atoms with Crippen LogP contribution in [0.15, 0.2) is 0 Å². The fraction of sp³-hybridized carbons (Fsp3) is 0.909. The highest BCUT2D eigenvalue weighted by atomic mass is 16.2. The normalized spacial score (nSPS) is 23.0. The van der Waals surface area contributed by atoms with E-state index in [4.69, 9.17) is 0 Å². The van der Waals surface area contributed by atoms with Gasteiger partial charge in [0.05, 0.1) is 0 Å². The first-order valence-electron chi connectivity index (χ1n) is 5.89. The average Bonchev–Trinajstić information content (AvgIpc) is 2.14. The van der Waals surface area contributed by atoms with E-state index in [2.05, 4.69) is 5.32 Å². The summed E-state index contributed by atoms with van der Waals surface area (Å²) in [6.07, 6.45) is 7.88. The summed E-state index contributed by atoms with van der Waals surface area (Å²) >= 11 is 0. The molecule has 14 heavy (non-hydrogen) atoms. The van der Waals surface area contributed by atoms with Crippen LogP contribution in [0.2, 0.25) is 0 Å². The Morgan fingerprint density at radius 3 is 2.43 bits per heavy atom. The number of hydrogen-bond acceptors (Lipinski definition) is 1. The van der Waals surface area contributed by atoms with Gasteiger partial charge in [0, 0.05) is 19.6 Å². The van der Waals surface area contributed by atoms with E-state index >= 15 is 0 Å². The Bertz CT molecular complexity index is 195. The topological polar surface area (TPSA) is 32.3 Å². The molecular weight excluding hydrogens is 176 g/mol. The highest BCUT2D eigenvalue weighted by Crippen LogP contribution is 2.22. The van der Waals surface area contributed by atoms with Gasteiger partial charge in [0.15, 0.2) is 0 Å². The van der Waals surface area contributed by atoms with Crippen LogP contribution in [0.25, 0.3) is 0 Å².